The molecule has 0 fully saturated rings. The summed E-state index contributed by atoms with van der Waals surface area (Å²) in [4.78, 5) is 12.4. The summed E-state index contributed by atoms with van der Waals surface area (Å²) in [5.41, 5.74) is 2.20. The minimum atomic E-state index is -0.679. The minimum absolute atomic E-state index is 0.202. The van der Waals surface area contributed by atoms with Crippen LogP contribution in [0.2, 0.25) is 0 Å². The first-order valence-electron chi connectivity index (χ1n) is 8.46. The number of hydrogen-bond acceptors (Lipinski definition) is 2. The van der Waals surface area contributed by atoms with Crippen molar-refractivity contribution in [1.82, 2.24) is 5.32 Å². The fraction of sp³-hybridized carbons (Fsp3) is 0.182. The Hall–Kier alpha value is -3.12. The first-order chi connectivity index (χ1) is 12.3. The van der Waals surface area contributed by atoms with E-state index in [4.69, 9.17) is 0 Å². The number of carbonyl (C=O) groups is 1. The van der Waals surface area contributed by atoms with Crippen LogP contribution in [0.4, 0.5) is 0 Å². The van der Waals surface area contributed by atoms with E-state index >= 15 is 0 Å². The summed E-state index contributed by atoms with van der Waals surface area (Å²) in [6.45, 7) is 0.538. The molecule has 0 saturated carbocycles. The molecule has 1 amide bonds. The molecule has 3 rings (SSSR count). The number of hydrogen-bond donors (Lipinski definition) is 1. The van der Waals surface area contributed by atoms with Crippen LogP contribution in [0, 0.1) is 17.2 Å². The van der Waals surface area contributed by atoms with E-state index in [0.29, 0.717) is 13.0 Å². The van der Waals surface area contributed by atoms with Crippen molar-refractivity contribution in [2.75, 3.05) is 6.54 Å². The standard InChI is InChI=1S/C22H20N2O/c23-16-20(22(25)24-14-13-17-7-2-1-3-8-17)15-19-11-6-10-18-9-4-5-12-21(18)19/h1-12,20H,13-15H2,(H,24,25). The molecular formula is C22H20N2O. The van der Waals surface area contributed by atoms with Crippen LogP contribution in [-0.2, 0) is 17.6 Å². The van der Waals surface area contributed by atoms with Gasteiger partial charge in [-0.05, 0) is 34.7 Å². The van der Waals surface area contributed by atoms with Crippen molar-refractivity contribution in [3.05, 3.63) is 83.9 Å². The Morgan fingerprint density at radius 1 is 0.960 bits per heavy atom. The van der Waals surface area contributed by atoms with E-state index in [2.05, 4.69) is 11.4 Å². The summed E-state index contributed by atoms with van der Waals surface area (Å²) in [5.74, 6) is -0.882. The molecule has 124 valence electrons. The van der Waals surface area contributed by atoms with Crippen LogP contribution in [0.5, 0.6) is 0 Å². The summed E-state index contributed by atoms with van der Waals surface area (Å²) < 4.78 is 0. The minimum Gasteiger partial charge on any atom is -0.355 e. The molecule has 0 aliphatic rings. The Morgan fingerprint density at radius 3 is 2.48 bits per heavy atom. The zero-order valence-electron chi connectivity index (χ0n) is 14.0. The first-order valence-corrected chi connectivity index (χ1v) is 8.46. The smallest absolute Gasteiger partial charge is 0.237 e. The highest BCUT2D eigenvalue weighted by atomic mass is 16.1. The van der Waals surface area contributed by atoms with Gasteiger partial charge >= 0.3 is 0 Å². The number of benzene rings is 3. The maximum absolute atomic E-state index is 12.4. The SMILES string of the molecule is N#CC(Cc1cccc2ccccc12)C(=O)NCCc1ccccc1. The Bertz CT molecular complexity index is 891. The van der Waals surface area contributed by atoms with Crippen LogP contribution in [0.15, 0.2) is 72.8 Å². The zero-order valence-corrected chi connectivity index (χ0v) is 14.0. The quantitative estimate of drug-likeness (QED) is 0.746. The maximum atomic E-state index is 12.4. The summed E-state index contributed by atoms with van der Waals surface area (Å²) in [7, 11) is 0. The van der Waals surface area contributed by atoms with Gasteiger partial charge in [0.2, 0.25) is 5.91 Å². The lowest BCUT2D eigenvalue weighted by Gasteiger charge is -2.12. The third kappa shape index (κ3) is 4.24. The first kappa shape index (κ1) is 16.7. The molecule has 3 aromatic rings. The molecule has 0 aliphatic carbocycles. The lowest BCUT2D eigenvalue weighted by Crippen LogP contribution is -2.32. The van der Waals surface area contributed by atoms with E-state index in [-0.39, 0.29) is 5.91 Å². The second-order valence-corrected chi connectivity index (χ2v) is 6.05. The molecule has 0 spiro atoms. The van der Waals surface area contributed by atoms with Gasteiger partial charge in [0, 0.05) is 6.54 Å². The van der Waals surface area contributed by atoms with Crippen molar-refractivity contribution in [3.8, 4) is 6.07 Å². The normalized spacial score (nSPS) is 11.6. The third-order valence-electron chi connectivity index (χ3n) is 4.33. The average Bonchev–Trinajstić information content (AvgIpc) is 2.67. The van der Waals surface area contributed by atoms with E-state index in [0.717, 1.165) is 22.8 Å². The van der Waals surface area contributed by atoms with Gasteiger partial charge < -0.3 is 5.32 Å². The topological polar surface area (TPSA) is 52.9 Å². The fourth-order valence-corrected chi connectivity index (χ4v) is 2.99. The van der Waals surface area contributed by atoms with Crippen LogP contribution >= 0.6 is 0 Å². The van der Waals surface area contributed by atoms with Gasteiger partial charge in [-0.15, -0.1) is 0 Å². The summed E-state index contributed by atoms with van der Waals surface area (Å²) in [5, 5.41) is 14.5. The lowest BCUT2D eigenvalue weighted by atomic mass is 9.95. The van der Waals surface area contributed by atoms with Crippen LogP contribution in [-0.4, -0.2) is 12.5 Å². The van der Waals surface area contributed by atoms with Crippen molar-refractivity contribution < 1.29 is 4.79 Å². The number of amides is 1. The summed E-state index contributed by atoms with van der Waals surface area (Å²) >= 11 is 0. The van der Waals surface area contributed by atoms with Crippen molar-refractivity contribution in [1.29, 1.82) is 5.26 Å². The molecule has 0 radical (unpaired) electrons. The molecule has 0 aliphatic heterocycles. The molecular weight excluding hydrogens is 308 g/mol. The zero-order chi connectivity index (χ0) is 17.5. The van der Waals surface area contributed by atoms with Gasteiger partial charge in [-0.25, -0.2) is 0 Å². The van der Waals surface area contributed by atoms with Gasteiger partial charge in [-0.1, -0.05) is 72.8 Å². The fourth-order valence-electron chi connectivity index (χ4n) is 2.99. The molecule has 3 nitrogen and oxygen atoms in total. The molecule has 1 unspecified atom stereocenters. The van der Waals surface area contributed by atoms with Gasteiger partial charge in [-0.3, -0.25) is 4.79 Å². The Balaban J connectivity index is 1.63. The molecule has 0 bridgehead atoms. The van der Waals surface area contributed by atoms with Gasteiger partial charge in [0.15, 0.2) is 0 Å². The maximum Gasteiger partial charge on any atom is 0.237 e. The largest absolute Gasteiger partial charge is 0.355 e. The number of nitrogens with zero attached hydrogens (tertiary/aromatic N) is 1. The molecule has 3 aromatic carbocycles. The molecule has 25 heavy (non-hydrogen) atoms. The number of nitrogens with one attached hydrogen (secondary N) is 1. The third-order valence-corrected chi connectivity index (χ3v) is 4.33. The summed E-state index contributed by atoms with van der Waals surface area (Å²) in [6, 6.07) is 26.2. The Labute approximate surface area is 147 Å². The van der Waals surface area contributed by atoms with Gasteiger partial charge in [0.1, 0.15) is 5.92 Å². The molecule has 0 heterocycles. The van der Waals surface area contributed by atoms with Gasteiger partial charge in [-0.2, -0.15) is 5.26 Å². The monoisotopic (exact) mass is 328 g/mol. The highest BCUT2D eigenvalue weighted by molar-refractivity contribution is 5.87. The molecule has 3 heteroatoms. The number of rotatable bonds is 6. The van der Waals surface area contributed by atoms with E-state index in [1.807, 2.05) is 72.8 Å². The van der Waals surface area contributed by atoms with Crippen LogP contribution in [0.1, 0.15) is 11.1 Å². The van der Waals surface area contributed by atoms with Crippen LogP contribution in [0.3, 0.4) is 0 Å². The van der Waals surface area contributed by atoms with Crippen molar-refractivity contribution in [2.45, 2.75) is 12.8 Å². The highest BCUT2D eigenvalue weighted by Gasteiger charge is 2.19. The lowest BCUT2D eigenvalue weighted by molar-refractivity contribution is -0.123. The van der Waals surface area contributed by atoms with Crippen molar-refractivity contribution >= 4 is 16.7 Å². The molecule has 1 atom stereocenters. The molecule has 0 aromatic heterocycles. The molecule has 1 N–H and O–H groups in total. The van der Waals surface area contributed by atoms with Crippen molar-refractivity contribution in [2.24, 2.45) is 5.92 Å². The molecule has 0 saturated heterocycles. The number of fused-ring (bicyclic) bond motifs is 1. The highest BCUT2D eigenvalue weighted by Crippen LogP contribution is 2.21. The van der Waals surface area contributed by atoms with Gasteiger partial charge in [0.25, 0.3) is 0 Å². The second-order valence-electron chi connectivity index (χ2n) is 6.05. The summed E-state index contributed by atoms with van der Waals surface area (Å²) in [6.07, 6.45) is 1.19. The van der Waals surface area contributed by atoms with Crippen molar-refractivity contribution in [3.63, 3.8) is 0 Å². The number of carbonyl (C=O) groups excluding carboxylic acids is 1. The van der Waals surface area contributed by atoms with E-state index < -0.39 is 5.92 Å². The Morgan fingerprint density at radius 2 is 1.68 bits per heavy atom. The second kappa shape index (κ2) is 8.12. The van der Waals surface area contributed by atoms with Crippen LogP contribution in [0.25, 0.3) is 10.8 Å². The van der Waals surface area contributed by atoms with Crippen LogP contribution < -0.4 is 5.32 Å². The predicted molar refractivity (Wildman–Crippen MR) is 99.9 cm³/mol. The van der Waals surface area contributed by atoms with E-state index in [1.165, 1.54) is 5.56 Å². The van der Waals surface area contributed by atoms with Gasteiger partial charge in [0.05, 0.1) is 6.07 Å². The van der Waals surface area contributed by atoms with E-state index in [9.17, 15) is 10.1 Å². The average molecular weight is 328 g/mol. The van der Waals surface area contributed by atoms with E-state index in [1.54, 1.807) is 0 Å². The number of nitriles is 1. The Kier molecular flexibility index (Phi) is 5.43. The predicted octanol–water partition coefficient (Wildman–Crippen LogP) is 3.88.